The topological polar surface area (TPSA) is 94.0 Å². The van der Waals surface area contributed by atoms with Gasteiger partial charge in [0.2, 0.25) is 5.91 Å². The van der Waals surface area contributed by atoms with Crippen LogP contribution in [-0.2, 0) is 4.79 Å². The maximum atomic E-state index is 10.6. The fourth-order valence-electron chi connectivity index (χ4n) is 1.36. The highest BCUT2D eigenvalue weighted by molar-refractivity contribution is 5.72. The fourth-order valence-corrected chi connectivity index (χ4v) is 1.36. The maximum Gasteiger partial charge on any atom is 0.216 e. The highest BCUT2D eigenvalue weighted by atomic mass is 16.1. The van der Waals surface area contributed by atoms with Crippen LogP contribution in [0.15, 0.2) is 12.3 Å². The normalized spacial score (nSPS) is 10.7. The van der Waals surface area contributed by atoms with E-state index in [0.29, 0.717) is 18.1 Å². The summed E-state index contributed by atoms with van der Waals surface area (Å²) >= 11 is 0. The number of hydrogen-bond acceptors (Lipinski definition) is 4. The van der Waals surface area contributed by atoms with Gasteiger partial charge in [0.1, 0.15) is 5.82 Å². The molecule has 0 bridgehead atoms. The lowest BCUT2D eigenvalue weighted by Crippen LogP contribution is -2.20. The molecule has 0 aliphatic heterocycles. The van der Waals surface area contributed by atoms with Crippen LogP contribution in [0.5, 0.6) is 0 Å². The van der Waals surface area contributed by atoms with Crippen molar-refractivity contribution in [3.05, 3.63) is 23.4 Å². The largest absolute Gasteiger partial charge is 0.396 e. The number of nitrogens with zero attached hydrogens (tertiary/aromatic N) is 1. The van der Waals surface area contributed by atoms with Crippen LogP contribution < -0.4 is 16.8 Å². The van der Waals surface area contributed by atoms with E-state index in [-0.39, 0.29) is 5.91 Å². The molecule has 0 spiro atoms. The molecule has 1 amide bonds. The average Bonchev–Trinajstić information content (AvgIpc) is 2.28. The predicted octanol–water partition coefficient (Wildman–Crippen LogP) is 1.09. The monoisotopic (exact) mass is 234 g/mol. The van der Waals surface area contributed by atoms with Gasteiger partial charge in [-0.3, -0.25) is 4.79 Å². The molecule has 0 saturated heterocycles. The lowest BCUT2D eigenvalue weighted by Gasteiger charge is -2.06. The first-order valence-corrected chi connectivity index (χ1v) is 5.44. The van der Waals surface area contributed by atoms with Crippen molar-refractivity contribution in [1.29, 1.82) is 0 Å². The number of nitrogens with two attached hydrogens (primary N) is 2. The molecule has 92 valence electrons. The van der Waals surface area contributed by atoms with E-state index < -0.39 is 0 Å². The van der Waals surface area contributed by atoms with Gasteiger partial charge in [-0.15, -0.1) is 0 Å². The first-order chi connectivity index (χ1) is 8.02. The Labute approximate surface area is 101 Å². The number of carbonyl (C=O) groups is 1. The maximum absolute atomic E-state index is 10.6. The Kier molecular flexibility index (Phi) is 4.51. The van der Waals surface area contributed by atoms with Gasteiger partial charge < -0.3 is 16.8 Å². The third-order valence-corrected chi connectivity index (χ3v) is 2.44. The summed E-state index contributed by atoms with van der Waals surface area (Å²) < 4.78 is 0. The van der Waals surface area contributed by atoms with Gasteiger partial charge >= 0.3 is 0 Å². The number of nitrogen functional groups attached to an aromatic ring is 2. The van der Waals surface area contributed by atoms with Gasteiger partial charge in [0.05, 0.1) is 5.69 Å². The fraction of sp³-hybridized carbons (Fsp3) is 0.333. The molecule has 0 radical (unpaired) electrons. The van der Waals surface area contributed by atoms with Gasteiger partial charge in [0.15, 0.2) is 0 Å². The molecule has 1 aromatic heterocycles. The summed E-state index contributed by atoms with van der Waals surface area (Å²) in [5.41, 5.74) is 13.8. The van der Waals surface area contributed by atoms with E-state index in [1.54, 1.807) is 6.20 Å². The number of aromatic nitrogens is 1. The quantitative estimate of drug-likeness (QED) is 0.680. The lowest BCUT2D eigenvalue weighted by atomic mass is 10.1. The van der Waals surface area contributed by atoms with E-state index in [2.05, 4.69) is 10.3 Å². The molecule has 5 N–H and O–H groups in total. The third-order valence-electron chi connectivity index (χ3n) is 2.44. The van der Waals surface area contributed by atoms with Crippen molar-refractivity contribution >= 4 is 23.5 Å². The van der Waals surface area contributed by atoms with Crippen LogP contribution in [0.3, 0.4) is 0 Å². The second-order valence-corrected chi connectivity index (χ2v) is 3.81. The number of hydrogen-bond donors (Lipinski definition) is 3. The molecule has 0 aromatic carbocycles. The van der Waals surface area contributed by atoms with E-state index in [1.807, 2.05) is 19.1 Å². The van der Waals surface area contributed by atoms with E-state index in [9.17, 15) is 4.79 Å². The van der Waals surface area contributed by atoms with Crippen LogP contribution >= 0.6 is 0 Å². The molecule has 0 saturated carbocycles. The van der Waals surface area contributed by atoms with Crippen molar-refractivity contribution in [3.63, 3.8) is 0 Å². The molecule has 1 heterocycles. The standard InChI is InChI=1S/C12H18N4O/c1-8-10(7-16-12(14)11(8)13)5-3-4-6-15-9(2)17/h3,5,7H,4,6,13H2,1-2H3,(H2,14,16)(H,15,17). The van der Waals surface area contributed by atoms with Crippen LogP contribution in [-0.4, -0.2) is 17.4 Å². The van der Waals surface area contributed by atoms with E-state index in [4.69, 9.17) is 11.5 Å². The number of nitrogens with one attached hydrogen (secondary N) is 1. The van der Waals surface area contributed by atoms with Crippen molar-refractivity contribution in [3.8, 4) is 0 Å². The molecule has 17 heavy (non-hydrogen) atoms. The van der Waals surface area contributed by atoms with Gasteiger partial charge in [-0.25, -0.2) is 4.98 Å². The number of rotatable bonds is 4. The van der Waals surface area contributed by atoms with Gasteiger partial charge in [-0.05, 0) is 24.5 Å². The zero-order valence-corrected chi connectivity index (χ0v) is 10.2. The molecular formula is C12H18N4O. The van der Waals surface area contributed by atoms with Gasteiger partial charge in [-0.2, -0.15) is 0 Å². The summed E-state index contributed by atoms with van der Waals surface area (Å²) in [5.74, 6) is 0.339. The van der Waals surface area contributed by atoms with E-state index >= 15 is 0 Å². The Morgan fingerprint density at radius 2 is 2.24 bits per heavy atom. The first-order valence-electron chi connectivity index (χ1n) is 5.44. The number of carbonyl (C=O) groups excluding carboxylic acids is 1. The molecule has 5 nitrogen and oxygen atoms in total. The number of anilines is 2. The second-order valence-electron chi connectivity index (χ2n) is 3.81. The van der Waals surface area contributed by atoms with Crippen molar-refractivity contribution in [2.24, 2.45) is 0 Å². The van der Waals surface area contributed by atoms with Gasteiger partial charge in [0, 0.05) is 19.7 Å². The molecule has 0 atom stereocenters. The van der Waals surface area contributed by atoms with Crippen LogP contribution in [0.4, 0.5) is 11.5 Å². The Balaban J connectivity index is 2.60. The number of amides is 1. The first kappa shape index (κ1) is 13.0. The predicted molar refractivity (Wildman–Crippen MR) is 70.1 cm³/mol. The average molecular weight is 234 g/mol. The molecule has 0 unspecified atom stereocenters. The zero-order valence-electron chi connectivity index (χ0n) is 10.2. The van der Waals surface area contributed by atoms with Crippen LogP contribution in [0, 0.1) is 6.92 Å². The van der Waals surface area contributed by atoms with Crippen LogP contribution in [0.1, 0.15) is 24.5 Å². The summed E-state index contributed by atoms with van der Waals surface area (Å²) in [6, 6.07) is 0. The summed E-state index contributed by atoms with van der Waals surface area (Å²) in [5, 5.41) is 2.72. The summed E-state index contributed by atoms with van der Waals surface area (Å²) in [4.78, 5) is 14.6. The SMILES string of the molecule is CC(=O)NCCC=Cc1cnc(N)c(N)c1C. The molecule has 1 rings (SSSR count). The molecule has 0 aliphatic carbocycles. The summed E-state index contributed by atoms with van der Waals surface area (Å²) in [6.07, 6.45) is 6.36. The second kappa shape index (κ2) is 5.89. The molecule has 1 aromatic rings. The van der Waals surface area contributed by atoms with Crippen molar-refractivity contribution in [1.82, 2.24) is 10.3 Å². The van der Waals surface area contributed by atoms with E-state index in [1.165, 1.54) is 6.92 Å². The van der Waals surface area contributed by atoms with Crippen LogP contribution in [0.2, 0.25) is 0 Å². The Morgan fingerprint density at radius 3 is 2.88 bits per heavy atom. The van der Waals surface area contributed by atoms with Gasteiger partial charge in [0.25, 0.3) is 0 Å². The zero-order chi connectivity index (χ0) is 12.8. The summed E-state index contributed by atoms with van der Waals surface area (Å²) in [7, 11) is 0. The minimum absolute atomic E-state index is 0.0204. The van der Waals surface area contributed by atoms with Gasteiger partial charge in [-0.1, -0.05) is 12.2 Å². The Bertz CT molecular complexity index is 440. The highest BCUT2D eigenvalue weighted by Gasteiger charge is 2.03. The minimum Gasteiger partial charge on any atom is -0.396 e. The smallest absolute Gasteiger partial charge is 0.216 e. The summed E-state index contributed by atoms with van der Waals surface area (Å²) in [6.45, 7) is 4.03. The lowest BCUT2D eigenvalue weighted by molar-refractivity contribution is -0.118. The molecular weight excluding hydrogens is 216 g/mol. The van der Waals surface area contributed by atoms with Crippen LogP contribution in [0.25, 0.3) is 6.08 Å². The molecule has 0 fully saturated rings. The highest BCUT2D eigenvalue weighted by Crippen LogP contribution is 2.21. The van der Waals surface area contributed by atoms with Crippen molar-refractivity contribution < 1.29 is 4.79 Å². The minimum atomic E-state index is -0.0204. The van der Waals surface area contributed by atoms with E-state index in [0.717, 1.165) is 17.5 Å². The number of pyridine rings is 1. The molecule has 0 aliphatic rings. The third kappa shape index (κ3) is 3.79. The van der Waals surface area contributed by atoms with Crippen molar-refractivity contribution in [2.75, 3.05) is 18.0 Å². The Morgan fingerprint density at radius 1 is 1.53 bits per heavy atom. The Hall–Kier alpha value is -2.04. The van der Waals surface area contributed by atoms with Crippen molar-refractivity contribution in [2.45, 2.75) is 20.3 Å². The molecule has 5 heteroatoms.